The lowest BCUT2D eigenvalue weighted by molar-refractivity contribution is 0.0000243. The zero-order chi connectivity index (χ0) is 20.9. The first-order valence-corrected chi connectivity index (χ1v) is 11.4. The van der Waals surface area contributed by atoms with Crippen molar-refractivity contribution in [2.24, 2.45) is 0 Å². The van der Waals surface area contributed by atoms with Crippen LogP contribution in [0.4, 0.5) is 0 Å². The molecule has 2 fully saturated rings. The lowest BCUT2D eigenvalue weighted by Gasteiger charge is -2.44. The summed E-state index contributed by atoms with van der Waals surface area (Å²) < 4.78 is 5.60. The van der Waals surface area contributed by atoms with E-state index in [1.54, 1.807) is 6.33 Å². The molecule has 1 aromatic carbocycles. The van der Waals surface area contributed by atoms with Crippen LogP contribution in [-0.2, 0) is 4.74 Å². The van der Waals surface area contributed by atoms with E-state index in [9.17, 15) is 4.79 Å². The van der Waals surface area contributed by atoms with E-state index in [1.165, 1.54) is 25.9 Å². The van der Waals surface area contributed by atoms with Gasteiger partial charge in [-0.15, -0.1) is 0 Å². The molecule has 2 N–H and O–H groups in total. The molecule has 0 spiro atoms. The summed E-state index contributed by atoms with van der Waals surface area (Å²) in [6.07, 6.45) is 6.26. The van der Waals surface area contributed by atoms with Crippen molar-refractivity contribution in [1.82, 2.24) is 25.1 Å². The number of hydrogen-bond acceptors (Lipinski definition) is 5. The SMILES string of the molecule is CC(C)N1CCC(N(CCNC(=O)c2ccc3nc[nH]c3c2)C2CCOCC2)CC1. The highest BCUT2D eigenvalue weighted by Crippen LogP contribution is 2.24. The van der Waals surface area contributed by atoms with Crippen LogP contribution in [0.15, 0.2) is 24.5 Å². The second-order valence-corrected chi connectivity index (χ2v) is 8.83. The van der Waals surface area contributed by atoms with Crippen molar-refractivity contribution in [2.75, 3.05) is 39.4 Å². The molecule has 3 heterocycles. The Kier molecular flexibility index (Phi) is 7.02. The molecule has 0 unspecified atom stereocenters. The number of piperidine rings is 1. The number of aromatic amines is 1. The van der Waals surface area contributed by atoms with Crippen molar-refractivity contribution >= 4 is 16.9 Å². The van der Waals surface area contributed by atoms with Crippen molar-refractivity contribution in [3.8, 4) is 0 Å². The van der Waals surface area contributed by atoms with Crippen LogP contribution in [0.2, 0.25) is 0 Å². The zero-order valence-electron chi connectivity index (χ0n) is 18.3. The highest BCUT2D eigenvalue weighted by atomic mass is 16.5. The Bertz CT molecular complexity index is 822. The molecule has 4 rings (SSSR count). The Morgan fingerprint density at radius 2 is 1.97 bits per heavy atom. The average molecular weight is 414 g/mol. The van der Waals surface area contributed by atoms with Gasteiger partial charge in [-0.25, -0.2) is 4.98 Å². The second-order valence-electron chi connectivity index (χ2n) is 8.83. The number of nitrogens with one attached hydrogen (secondary N) is 2. The van der Waals surface area contributed by atoms with Gasteiger partial charge in [-0.1, -0.05) is 0 Å². The fourth-order valence-corrected chi connectivity index (χ4v) is 4.89. The third-order valence-corrected chi connectivity index (χ3v) is 6.70. The molecule has 0 radical (unpaired) electrons. The number of carbonyl (C=O) groups excluding carboxylic acids is 1. The first kappa shape index (κ1) is 21.3. The Balaban J connectivity index is 1.34. The van der Waals surface area contributed by atoms with E-state index in [4.69, 9.17) is 4.74 Å². The maximum atomic E-state index is 12.7. The number of nitrogens with zero attached hydrogens (tertiary/aromatic N) is 3. The van der Waals surface area contributed by atoms with Crippen molar-refractivity contribution in [2.45, 2.75) is 57.7 Å². The molecule has 0 atom stereocenters. The number of likely N-dealkylation sites (tertiary alicyclic amines) is 1. The summed E-state index contributed by atoms with van der Waals surface area (Å²) in [5.74, 6) is -0.0203. The van der Waals surface area contributed by atoms with Gasteiger partial charge in [0.15, 0.2) is 0 Å². The van der Waals surface area contributed by atoms with Crippen LogP contribution in [0.3, 0.4) is 0 Å². The highest BCUT2D eigenvalue weighted by Gasteiger charge is 2.31. The molecule has 2 saturated heterocycles. The molecule has 2 aliphatic rings. The van der Waals surface area contributed by atoms with Crippen molar-refractivity contribution in [3.05, 3.63) is 30.1 Å². The third-order valence-electron chi connectivity index (χ3n) is 6.70. The molecule has 7 nitrogen and oxygen atoms in total. The minimum atomic E-state index is -0.0203. The van der Waals surface area contributed by atoms with E-state index in [0.717, 1.165) is 43.6 Å². The largest absolute Gasteiger partial charge is 0.381 e. The van der Waals surface area contributed by atoms with Crippen LogP contribution in [0, 0.1) is 0 Å². The van der Waals surface area contributed by atoms with Gasteiger partial charge >= 0.3 is 0 Å². The predicted molar refractivity (Wildman–Crippen MR) is 119 cm³/mol. The first-order chi connectivity index (χ1) is 14.6. The number of fused-ring (bicyclic) bond motifs is 1. The van der Waals surface area contributed by atoms with Crippen LogP contribution in [0.25, 0.3) is 11.0 Å². The summed E-state index contributed by atoms with van der Waals surface area (Å²) in [5, 5.41) is 3.13. The van der Waals surface area contributed by atoms with Crippen LogP contribution in [-0.4, -0.2) is 83.2 Å². The summed E-state index contributed by atoms with van der Waals surface area (Å²) in [4.78, 5) is 25.2. The van der Waals surface area contributed by atoms with E-state index in [2.05, 4.69) is 38.9 Å². The van der Waals surface area contributed by atoms with Gasteiger partial charge in [-0.2, -0.15) is 0 Å². The summed E-state index contributed by atoms with van der Waals surface area (Å²) >= 11 is 0. The summed E-state index contributed by atoms with van der Waals surface area (Å²) in [6, 6.07) is 7.38. The number of aromatic nitrogens is 2. The minimum absolute atomic E-state index is 0.0203. The van der Waals surface area contributed by atoms with E-state index in [-0.39, 0.29) is 5.91 Å². The summed E-state index contributed by atoms with van der Waals surface area (Å²) in [5.41, 5.74) is 2.45. The topological polar surface area (TPSA) is 73.5 Å². The Labute approximate surface area is 179 Å². The summed E-state index contributed by atoms with van der Waals surface area (Å²) in [7, 11) is 0. The van der Waals surface area contributed by atoms with E-state index in [0.29, 0.717) is 30.2 Å². The van der Waals surface area contributed by atoms with Crippen molar-refractivity contribution < 1.29 is 9.53 Å². The standard InChI is InChI=1S/C23H35N5O2/c1-17(2)27-10-5-19(6-11-27)28(20-7-13-30-14-8-20)12-9-24-23(29)18-3-4-21-22(15-18)26-16-25-21/h3-4,15-17,19-20H,5-14H2,1-2H3,(H,24,29)(H,25,26). The van der Waals surface area contributed by atoms with Gasteiger partial charge in [0.25, 0.3) is 5.91 Å². The second kappa shape index (κ2) is 9.90. The number of amides is 1. The molecular formula is C23H35N5O2. The number of carbonyl (C=O) groups is 1. The molecule has 0 saturated carbocycles. The number of H-pyrrole nitrogens is 1. The number of hydrogen-bond donors (Lipinski definition) is 2. The number of benzene rings is 1. The monoisotopic (exact) mass is 413 g/mol. The number of imidazole rings is 1. The Hall–Kier alpha value is -1.96. The molecule has 2 aliphatic heterocycles. The molecule has 30 heavy (non-hydrogen) atoms. The number of ether oxygens (including phenoxy) is 1. The molecular weight excluding hydrogens is 378 g/mol. The van der Waals surface area contributed by atoms with Gasteiger partial charge in [-0.05, 0) is 70.8 Å². The van der Waals surface area contributed by atoms with Gasteiger partial charge < -0.3 is 19.9 Å². The highest BCUT2D eigenvalue weighted by molar-refractivity contribution is 5.97. The fourth-order valence-electron chi connectivity index (χ4n) is 4.89. The van der Waals surface area contributed by atoms with Crippen LogP contribution >= 0.6 is 0 Å². The molecule has 0 aliphatic carbocycles. The average Bonchev–Trinajstić information content (AvgIpc) is 3.25. The Morgan fingerprint density at radius 1 is 1.23 bits per heavy atom. The predicted octanol–water partition coefficient (Wildman–Crippen LogP) is 2.65. The third kappa shape index (κ3) is 5.02. The normalized spacial score (nSPS) is 19.7. The van der Waals surface area contributed by atoms with Gasteiger partial charge in [0.2, 0.25) is 0 Å². The molecule has 7 heteroatoms. The Morgan fingerprint density at radius 3 is 2.70 bits per heavy atom. The smallest absolute Gasteiger partial charge is 0.251 e. The molecule has 2 aromatic rings. The maximum absolute atomic E-state index is 12.7. The molecule has 1 aromatic heterocycles. The number of rotatable bonds is 7. The molecule has 0 bridgehead atoms. The van der Waals surface area contributed by atoms with Crippen molar-refractivity contribution in [3.63, 3.8) is 0 Å². The van der Waals surface area contributed by atoms with Gasteiger partial charge in [0.1, 0.15) is 0 Å². The van der Waals surface area contributed by atoms with Crippen LogP contribution in [0.1, 0.15) is 49.9 Å². The van der Waals surface area contributed by atoms with Crippen molar-refractivity contribution in [1.29, 1.82) is 0 Å². The van der Waals surface area contributed by atoms with E-state index < -0.39 is 0 Å². The molecule has 164 valence electrons. The van der Waals surface area contributed by atoms with E-state index in [1.807, 2.05) is 18.2 Å². The molecule has 1 amide bonds. The fraction of sp³-hybridized carbons (Fsp3) is 0.652. The van der Waals surface area contributed by atoms with Gasteiger partial charge in [-0.3, -0.25) is 9.69 Å². The van der Waals surface area contributed by atoms with E-state index >= 15 is 0 Å². The first-order valence-electron chi connectivity index (χ1n) is 11.4. The lowest BCUT2D eigenvalue weighted by atomic mass is 9.97. The van der Waals surface area contributed by atoms with Gasteiger partial charge in [0, 0.05) is 50.0 Å². The quantitative estimate of drug-likeness (QED) is 0.730. The zero-order valence-corrected chi connectivity index (χ0v) is 18.3. The van der Waals surface area contributed by atoms with Gasteiger partial charge in [0.05, 0.1) is 17.4 Å². The summed E-state index contributed by atoms with van der Waals surface area (Å²) in [6.45, 7) is 10.2. The lowest BCUT2D eigenvalue weighted by Crippen LogP contribution is -2.53. The minimum Gasteiger partial charge on any atom is -0.381 e. The maximum Gasteiger partial charge on any atom is 0.251 e. The van der Waals surface area contributed by atoms with Crippen LogP contribution < -0.4 is 5.32 Å². The van der Waals surface area contributed by atoms with Crippen LogP contribution in [0.5, 0.6) is 0 Å².